The van der Waals surface area contributed by atoms with Gasteiger partial charge in [-0.1, -0.05) is 18.2 Å². The van der Waals surface area contributed by atoms with Crippen LogP contribution in [0, 0.1) is 13.0 Å². The number of hydrogen-bond acceptors (Lipinski definition) is 3. The Morgan fingerprint density at radius 2 is 2.25 bits per heavy atom. The van der Waals surface area contributed by atoms with Gasteiger partial charge < -0.3 is 4.18 Å². The van der Waals surface area contributed by atoms with Crippen molar-refractivity contribution in [3.05, 3.63) is 29.8 Å². The average Bonchev–Trinajstić information content (AvgIpc) is 1.91. The third-order valence-corrected chi connectivity index (χ3v) is 1.58. The first-order valence-electron chi connectivity index (χ1n) is 3.13. The first-order valence-corrected chi connectivity index (χ1v) is 4.50. The van der Waals surface area contributed by atoms with Crippen LogP contribution in [-0.4, -0.2) is 13.0 Å². The molecule has 0 aliphatic heterocycles. The maximum Gasteiger partial charge on any atom is 0.446 e. The lowest BCUT2D eigenvalue weighted by Crippen LogP contribution is -2.07. The molecule has 12 heavy (non-hydrogen) atoms. The summed E-state index contributed by atoms with van der Waals surface area (Å²) in [5, 5.41) is 0. The predicted molar refractivity (Wildman–Crippen MR) is 42.2 cm³/mol. The van der Waals surface area contributed by atoms with Gasteiger partial charge in [0, 0.05) is 6.07 Å². The molecule has 1 aromatic rings. The van der Waals surface area contributed by atoms with E-state index in [0.717, 1.165) is 0 Å². The van der Waals surface area contributed by atoms with E-state index >= 15 is 0 Å². The molecule has 5 heteroatoms. The summed E-state index contributed by atoms with van der Waals surface area (Å²) < 4.78 is 33.1. The molecule has 0 atom stereocenters. The highest BCUT2D eigenvalue weighted by Gasteiger charge is 2.08. The minimum atomic E-state index is -4.43. The Morgan fingerprint density at radius 1 is 1.58 bits per heavy atom. The molecule has 0 fully saturated rings. The van der Waals surface area contributed by atoms with Crippen LogP contribution < -0.4 is 4.18 Å². The van der Waals surface area contributed by atoms with Gasteiger partial charge in [0.25, 0.3) is 0 Å². The van der Waals surface area contributed by atoms with E-state index < -0.39 is 10.4 Å². The van der Waals surface area contributed by atoms with Crippen LogP contribution in [0.15, 0.2) is 18.2 Å². The van der Waals surface area contributed by atoms with Crippen LogP contribution in [0.1, 0.15) is 5.56 Å². The molecule has 1 aromatic carbocycles. The Kier molecular flexibility index (Phi) is 2.35. The summed E-state index contributed by atoms with van der Waals surface area (Å²) in [6, 6.07) is 7.36. The van der Waals surface area contributed by atoms with Gasteiger partial charge in [-0.05, 0) is 12.5 Å². The third-order valence-electron chi connectivity index (χ3n) is 1.20. The summed E-state index contributed by atoms with van der Waals surface area (Å²) in [6.07, 6.45) is 0. The topological polar surface area (TPSA) is 63.6 Å². The SMILES string of the molecule is Cc1ccc[c]c1OS(=O)(=O)O. The highest BCUT2D eigenvalue weighted by Crippen LogP contribution is 2.16. The van der Waals surface area contributed by atoms with Gasteiger partial charge in [0.1, 0.15) is 0 Å². The summed E-state index contributed by atoms with van der Waals surface area (Å²) >= 11 is 0. The Morgan fingerprint density at radius 3 is 2.75 bits per heavy atom. The summed E-state index contributed by atoms with van der Waals surface area (Å²) in [6.45, 7) is 1.65. The third kappa shape index (κ3) is 2.52. The van der Waals surface area contributed by atoms with Gasteiger partial charge in [-0.2, -0.15) is 8.42 Å². The molecule has 0 aliphatic rings. The van der Waals surface area contributed by atoms with E-state index in [1.807, 2.05) is 0 Å². The van der Waals surface area contributed by atoms with Crippen molar-refractivity contribution >= 4 is 10.4 Å². The van der Waals surface area contributed by atoms with Crippen LogP contribution in [0.2, 0.25) is 0 Å². The largest absolute Gasteiger partial charge is 0.446 e. The fourth-order valence-corrected chi connectivity index (χ4v) is 1.09. The van der Waals surface area contributed by atoms with Crippen LogP contribution in [-0.2, 0) is 10.4 Å². The highest BCUT2D eigenvalue weighted by molar-refractivity contribution is 7.81. The molecule has 0 spiro atoms. The highest BCUT2D eigenvalue weighted by atomic mass is 32.3. The van der Waals surface area contributed by atoms with Gasteiger partial charge in [-0.3, -0.25) is 4.55 Å². The van der Waals surface area contributed by atoms with E-state index in [4.69, 9.17) is 4.55 Å². The average molecular weight is 187 g/mol. The van der Waals surface area contributed by atoms with Crippen LogP contribution in [0.3, 0.4) is 0 Å². The van der Waals surface area contributed by atoms with E-state index in [2.05, 4.69) is 10.2 Å². The standard InChI is InChI=1S/C7H7O4S/c1-6-4-2-3-5-7(6)11-12(8,9)10/h2-4H,1H3,(H,8,9,10). The van der Waals surface area contributed by atoms with Crippen molar-refractivity contribution in [2.75, 3.05) is 0 Å². The van der Waals surface area contributed by atoms with E-state index in [1.54, 1.807) is 19.1 Å². The fourth-order valence-electron chi connectivity index (χ4n) is 0.701. The predicted octanol–water partition coefficient (Wildman–Crippen LogP) is 0.977. The first kappa shape index (κ1) is 9.02. The van der Waals surface area contributed by atoms with Gasteiger partial charge in [0.15, 0.2) is 5.75 Å². The van der Waals surface area contributed by atoms with Crippen molar-refractivity contribution in [2.45, 2.75) is 6.92 Å². The maximum atomic E-state index is 10.3. The minimum Gasteiger partial charge on any atom is -0.361 e. The number of aryl methyl sites for hydroxylation is 1. The molecule has 0 saturated heterocycles. The van der Waals surface area contributed by atoms with Crippen molar-refractivity contribution < 1.29 is 17.2 Å². The van der Waals surface area contributed by atoms with E-state index in [0.29, 0.717) is 5.56 Å². The zero-order valence-corrected chi connectivity index (χ0v) is 7.13. The number of para-hydroxylation sites is 1. The number of rotatable bonds is 2. The van der Waals surface area contributed by atoms with Gasteiger partial charge in [0.05, 0.1) is 0 Å². The zero-order chi connectivity index (χ0) is 9.19. The second-order valence-electron chi connectivity index (χ2n) is 2.19. The normalized spacial score (nSPS) is 11.2. The molecule has 0 amide bonds. The molecule has 65 valence electrons. The Labute approximate surface area is 70.7 Å². The van der Waals surface area contributed by atoms with Gasteiger partial charge in [-0.15, -0.1) is 0 Å². The van der Waals surface area contributed by atoms with Gasteiger partial charge in [0.2, 0.25) is 0 Å². The molecule has 0 aromatic heterocycles. The van der Waals surface area contributed by atoms with Crippen LogP contribution in [0.4, 0.5) is 0 Å². The van der Waals surface area contributed by atoms with E-state index in [-0.39, 0.29) is 5.75 Å². The Balaban J connectivity index is 2.98. The lowest BCUT2D eigenvalue weighted by atomic mass is 10.2. The van der Waals surface area contributed by atoms with Crippen molar-refractivity contribution in [1.82, 2.24) is 0 Å². The second kappa shape index (κ2) is 3.12. The molecule has 1 rings (SSSR count). The molecular weight excluding hydrogens is 180 g/mol. The summed E-state index contributed by atoms with van der Waals surface area (Å²) in [7, 11) is -4.43. The Bertz CT molecular complexity index is 369. The molecule has 1 N–H and O–H groups in total. The van der Waals surface area contributed by atoms with Gasteiger partial charge >= 0.3 is 10.4 Å². The van der Waals surface area contributed by atoms with Crippen LogP contribution >= 0.6 is 0 Å². The molecule has 0 saturated carbocycles. The maximum absolute atomic E-state index is 10.3. The number of benzene rings is 1. The van der Waals surface area contributed by atoms with Crippen molar-refractivity contribution in [3.8, 4) is 5.75 Å². The quantitative estimate of drug-likeness (QED) is 0.701. The smallest absolute Gasteiger partial charge is 0.361 e. The molecular formula is C7H7O4S. The van der Waals surface area contributed by atoms with Gasteiger partial charge in [-0.25, -0.2) is 0 Å². The molecule has 0 bridgehead atoms. The Hall–Kier alpha value is -1.07. The lowest BCUT2D eigenvalue weighted by Gasteiger charge is -2.02. The monoisotopic (exact) mass is 187 g/mol. The fraction of sp³-hybridized carbons (Fsp3) is 0.143. The van der Waals surface area contributed by atoms with Crippen LogP contribution in [0.25, 0.3) is 0 Å². The van der Waals surface area contributed by atoms with E-state index in [9.17, 15) is 8.42 Å². The van der Waals surface area contributed by atoms with Crippen molar-refractivity contribution in [3.63, 3.8) is 0 Å². The van der Waals surface area contributed by atoms with E-state index in [1.165, 1.54) is 6.07 Å². The van der Waals surface area contributed by atoms with Crippen molar-refractivity contribution in [1.29, 1.82) is 0 Å². The van der Waals surface area contributed by atoms with Crippen LogP contribution in [0.5, 0.6) is 5.75 Å². The molecule has 1 radical (unpaired) electrons. The summed E-state index contributed by atoms with van der Waals surface area (Å²) in [5.41, 5.74) is 0.593. The summed E-state index contributed by atoms with van der Waals surface area (Å²) in [4.78, 5) is 0. The summed E-state index contributed by atoms with van der Waals surface area (Å²) in [5.74, 6) is 0.0139. The second-order valence-corrected chi connectivity index (χ2v) is 3.22. The van der Waals surface area contributed by atoms with Crippen molar-refractivity contribution in [2.24, 2.45) is 0 Å². The number of hydrogen-bond donors (Lipinski definition) is 1. The molecule has 0 heterocycles. The lowest BCUT2D eigenvalue weighted by molar-refractivity contribution is 0.385. The molecule has 0 unspecified atom stereocenters. The zero-order valence-electron chi connectivity index (χ0n) is 6.31. The molecule has 4 nitrogen and oxygen atoms in total. The minimum absolute atomic E-state index is 0.0139. The first-order chi connectivity index (χ1) is 5.49. The molecule has 0 aliphatic carbocycles.